The molecule has 1 amide bonds. The van der Waals surface area contributed by atoms with Crippen LogP contribution in [0.3, 0.4) is 0 Å². The van der Waals surface area contributed by atoms with E-state index in [-0.39, 0.29) is 5.91 Å². The van der Waals surface area contributed by atoms with E-state index in [1.165, 1.54) is 0 Å². The Morgan fingerprint density at radius 2 is 2.00 bits per heavy atom. The molecule has 16 heavy (non-hydrogen) atoms. The van der Waals surface area contributed by atoms with Crippen LogP contribution in [0.25, 0.3) is 0 Å². The maximum Gasteiger partial charge on any atom is 0.238 e. The van der Waals surface area contributed by atoms with Crippen molar-refractivity contribution in [2.24, 2.45) is 11.7 Å². The Morgan fingerprint density at radius 1 is 1.44 bits per heavy atom. The molecule has 0 saturated carbocycles. The summed E-state index contributed by atoms with van der Waals surface area (Å²) in [6.45, 7) is 13.7. The SMILES string of the molecule is CCNC(C)(CN(CC)CC(C)C)C(N)=O. The lowest BCUT2D eigenvalue weighted by atomic mass is 10.00. The van der Waals surface area contributed by atoms with E-state index < -0.39 is 5.54 Å². The van der Waals surface area contributed by atoms with Gasteiger partial charge in [0, 0.05) is 13.1 Å². The van der Waals surface area contributed by atoms with Crippen LogP contribution in [-0.4, -0.2) is 42.5 Å². The van der Waals surface area contributed by atoms with Crippen LogP contribution in [0.4, 0.5) is 0 Å². The van der Waals surface area contributed by atoms with E-state index in [1.807, 2.05) is 13.8 Å². The third kappa shape index (κ3) is 4.94. The van der Waals surface area contributed by atoms with E-state index >= 15 is 0 Å². The van der Waals surface area contributed by atoms with Gasteiger partial charge in [-0.15, -0.1) is 0 Å². The molecule has 0 aliphatic heterocycles. The molecule has 0 aromatic carbocycles. The molecule has 0 fully saturated rings. The summed E-state index contributed by atoms with van der Waals surface area (Å²) in [7, 11) is 0. The summed E-state index contributed by atoms with van der Waals surface area (Å²) in [6, 6.07) is 0. The zero-order chi connectivity index (χ0) is 12.8. The Balaban J connectivity index is 4.52. The standard InChI is InChI=1S/C12H27N3O/c1-6-14-12(5,11(13)16)9-15(7-2)8-10(3)4/h10,14H,6-9H2,1-5H3,(H2,13,16). The number of primary amides is 1. The Hall–Kier alpha value is -0.610. The van der Waals surface area contributed by atoms with Gasteiger partial charge < -0.3 is 16.0 Å². The topological polar surface area (TPSA) is 58.4 Å². The van der Waals surface area contributed by atoms with Gasteiger partial charge in [0.1, 0.15) is 5.54 Å². The van der Waals surface area contributed by atoms with Gasteiger partial charge in [-0.05, 0) is 25.9 Å². The van der Waals surface area contributed by atoms with Crippen LogP contribution in [0, 0.1) is 5.92 Å². The van der Waals surface area contributed by atoms with E-state index in [1.54, 1.807) is 0 Å². The summed E-state index contributed by atoms with van der Waals surface area (Å²) < 4.78 is 0. The van der Waals surface area contributed by atoms with Crippen LogP contribution in [0.1, 0.15) is 34.6 Å². The molecule has 0 bridgehead atoms. The number of hydrogen-bond donors (Lipinski definition) is 2. The molecule has 0 spiro atoms. The van der Waals surface area contributed by atoms with Crippen LogP contribution in [-0.2, 0) is 4.79 Å². The zero-order valence-corrected chi connectivity index (χ0v) is 11.3. The second kappa shape index (κ2) is 6.86. The summed E-state index contributed by atoms with van der Waals surface area (Å²) in [6.07, 6.45) is 0. The second-order valence-corrected chi connectivity index (χ2v) is 4.95. The number of nitrogens with two attached hydrogens (primary N) is 1. The molecule has 4 nitrogen and oxygen atoms in total. The van der Waals surface area contributed by atoms with Gasteiger partial charge >= 0.3 is 0 Å². The molecule has 0 heterocycles. The fourth-order valence-electron chi connectivity index (χ4n) is 1.88. The number of nitrogens with zero attached hydrogens (tertiary/aromatic N) is 1. The van der Waals surface area contributed by atoms with E-state index in [9.17, 15) is 4.79 Å². The zero-order valence-electron chi connectivity index (χ0n) is 11.3. The van der Waals surface area contributed by atoms with E-state index in [2.05, 4.69) is 31.0 Å². The van der Waals surface area contributed by atoms with E-state index in [0.717, 1.165) is 19.6 Å². The maximum absolute atomic E-state index is 11.5. The minimum Gasteiger partial charge on any atom is -0.368 e. The fraction of sp³-hybridized carbons (Fsp3) is 0.917. The highest BCUT2D eigenvalue weighted by Crippen LogP contribution is 2.08. The predicted octanol–water partition coefficient (Wildman–Crippen LogP) is 0.818. The van der Waals surface area contributed by atoms with Crippen molar-refractivity contribution < 1.29 is 4.79 Å². The largest absolute Gasteiger partial charge is 0.368 e. The summed E-state index contributed by atoms with van der Waals surface area (Å²) in [4.78, 5) is 13.7. The van der Waals surface area contributed by atoms with Crippen molar-refractivity contribution in [3.63, 3.8) is 0 Å². The molecule has 3 N–H and O–H groups in total. The first-order valence-electron chi connectivity index (χ1n) is 6.13. The number of rotatable bonds is 8. The van der Waals surface area contributed by atoms with Crippen molar-refractivity contribution in [1.82, 2.24) is 10.2 Å². The summed E-state index contributed by atoms with van der Waals surface area (Å²) in [5.41, 5.74) is 4.84. The van der Waals surface area contributed by atoms with Crippen molar-refractivity contribution in [3.8, 4) is 0 Å². The summed E-state index contributed by atoms with van der Waals surface area (Å²) >= 11 is 0. The Kier molecular flexibility index (Phi) is 6.60. The molecule has 0 radical (unpaired) electrons. The monoisotopic (exact) mass is 229 g/mol. The quantitative estimate of drug-likeness (QED) is 0.648. The van der Waals surface area contributed by atoms with Crippen molar-refractivity contribution in [1.29, 1.82) is 0 Å². The minimum atomic E-state index is -0.625. The van der Waals surface area contributed by atoms with Gasteiger partial charge in [-0.2, -0.15) is 0 Å². The van der Waals surface area contributed by atoms with Crippen LogP contribution in [0.5, 0.6) is 0 Å². The van der Waals surface area contributed by atoms with Gasteiger partial charge in [0.25, 0.3) is 0 Å². The average Bonchev–Trinajstić information content (AvgIpc) is 2.16. The highest BCUT2D eigenvalue weighted by molar-refractivity contribution is 5.84. The van der Waals surface area contributed by atoms with E-state index in [0.29, 0.717) is 12.5 Å². The summed E-state index contributed by atoms with van der Waals surface area (Å²) in [5, 5.41) is 3.18. The Morgan fingerprint density at radius 3 is 2.31 bits per heavy atom. The lowest BCUT2D eigenvalue weighted by molar-refractivity contribution is -0.124. The Bertz CT molecular complexity index is 218. The molecule has 0 aliphatic carbocycles. The van der Waals surface area contributed by atoms with Crippen LogP contribution < -0.4 is 11.1 Å². The number of likely N-dealkylation sites (N-methyl/N-ethyl adjacent to an activating group) is 2. The molecule has 0 aliphatic rings. The van der Waals surface area contributed by atoms with Gasteiger partial charge in [-0.1, -0.05) is 27.7 Å². The van der Waals surface area contributed by atoms with Crippen molar-refractivity contribution >= 4 is 5.91 Å². The summed E-state index contributed by atoms with van der Waals surface area (Å²) in [5.74, 6) is 0.315. The van der Waals surface area contributed by atoms with Crippen molar-refractivity contribution in [2.45, 2.75) is 40.2 Å². The first-order chi connectivity index (χ1) is 7.35. The first-order valence-corrected chi connectivity index (χ1v) is 6.13. The molecule has 0 rings (SSSR count). The minimum absolute atomic E-state index is 0.281. The third-order valence-electron chi connectivity index (χ3n) is 2.72. The van der Waals surface area contributed by atoms with Gasteiger partial charge in [0.05, 0.1) is 0 Å². The van der Waals surface area contributed by atoms with Crippen LogP contribution in [0.2, 0.25) is 0 Å². The fourth-order valence-corrected chi connectivity index (χ4v) is 1.88. The third-order valence-corrected chi connectivity index (χ3v) is 2.72. The lowest BCUT2D eigenvalue weighted by Crippen LogP contribution is -2.59. The number of hydrogen-bond acceptors (Lipinski definition) is 3. The normalized spacial score (nSPS) is 15.4. The maximum atomic E-state index is 11.5. The van der Waals surface area contributed by atoms with Crippen LogP contribution >= 0.6 is 0 Å². The highest BCUT2D eigenvalue weighted by atomic mass is 16.1. The number of carbonyl (C=O) groups excluding carboxylic acids is 1. The van der Waals surface area contributed by atoms with Gasteiger partial charge in [-0.25, -0.2) is 0 Å². The molecule has 0 aromatic heterocycles. The molecule has 1 unspecified atom stereocenters. The van der Waals surface area contributed by atoms with Crippen molar-refractivity contribution in [3.05, 3.63) is 0 Å². The molecular weight excluding hydrogens is 202 g/mol. The number of carbonyl (C=O) groups is 1. The van der Waals surface area contributed by atoms with Crippen LogP contribution in [0.15, 0.2) is 0 Å². The molecule has 0 aromatic rings. The smallest absolute Gasteiger partial charge is 0.238 e. The van der Waals surface area contributed by atoms with Gasteiger partial charge in [0.15, 0.2) is 0 Å². The average molecular weight is 229 g/mol. The van der Waals surface area contributed by atoms with Gasteiger partial charge in [0.2, 0.25) is 5.91 Å². The van der Waals surface area contributed by atoms with Crippen molar-refractivity contribution in [2.75, 3.05) is 26.2 Å². The predicted molar refractivity (Wildman–Crippen MR) is 68.2 cm³/mol. The number of amides is 1. The Labute approximate surface area is 99.6 Å². The molecule has 1 atom stereocenters. The van der Waals surface area contributed by atoms with E-state index in [4.69, 9.17) is 5.73 Å². The highest BCUT2D eigenvalue weighted by Gasteiger charge is 2.31. The number of nitrogens with one attached hydrogen (secondary N) is 1. The second-order valence-electron chi connectivity index (χ2n) is 4.95. The molecule has 96 valence electrons. The van der Waals surface area contributed by atoms with Gasteiger partial charge in [-0.3, -0.25) is 4.79 Å². The molecular formula is C12H27N3O. The molecule has 4 heteroatoms. The lowest BCUT2D eigenvalue weighted by Gasteiger charge is -2.34. The molecule has 0 saturated heterocycles. The first kappa shape index (κ1) is 15.4.